The van der Waals surface area contributed by atoms with Crippen molar-refractivity contribution < 1.29 is 14.7 Å². The average molecular weight is 534 g/mol. The van der Waals surface area contributed by atoms with Crippen molar-refractivity contribution in [2.45, 2.75) is 19.5 Å². The lowest BCUT2D eigenvalue weighted by atomic mass is 9.98. The van der Waals surface area contributed by atoms with Crippen molar-refractivity contribution in [3.63, 3.8) is 0 Å². The Morgan fingerprint density at radius 3 is 2.46 bits per heavy atom. The lowest BCUT2D eigenvalue weighted by Gasteiger charge is -2.17. The molecule has 0 fully saturated rings. The quantitative estimate of drug-likeness (QED) is 0.234. The highest BCUT2D eigenvalue weighted by Gasteiger charge is 2.19. The molecule has 0 spiro atoms. The van der Waals surface area contributed by atoms with Crippen molar-refractivity contribution in [2.24, 2.45) is 0 Å². The van der Waals surface area contributed by atoms with Crippen LogP contribution >= 0.6 is 11.6 Å². The van der Waals surface area contributed by atoms with Crippen molar-refractivity contribution in [3.05, 3.63) is 130 Å². The van der Waals surface area contributed by atoms with E-state index in [2.05, 4.69) is 11.4 Å². The van der Waals surface area contributed by atoms with Crippen LogP contribution in [0.5, 0.6) is 0 Å². The molecule has 7 heteroatoms. The highest BCUT2D eigenvalue weighted by molar-refractivity contribution is 6.30. The molecule has 5 rings (SSSR count). The number of carbonyl (C=O) groups excluding carboxylic acids is 1. The summed E-state index contributed by atoms with van der Waals surface area (Å²) in [7, 11) is 0. The normalized spacial score (nSPS) is 11.6. The molecule has 0 unspecified atom stereocenters. The fourth-order valence-electron chi connectivity index (χ4n) is 4.69. The Bertz CT molecular complexity index is 1750. The van der Waals surface area contributed by atoms with E-state index in [1.165, 1.54) is 12.1 Å². The second kappa shape index (κ2) is 10.9. The van der Waals surface area contributed by atoms with Crippen LogP contribution in [0.15, 0.2) is 97.2 Å². The molecule has 1 atom stereocenters. The molecule has 0 aliphatic heterocycles. The first kappa shape index (κ1) is 25.8. The highest BCUT2D eigenvalue weighted by atomic mass is 35.5. The van der Waals surface area contributed by atoms with Crippen LogP contribution in [0.1, 0.15) is 50.4 Å². The summed E-state index contributed by atoms with van der Waals surface area (Å²) in [6, 6.07) is 29.0. The third kappa shape index (κ3) is 5.54. The summed E-state index contributed by atoms with van der Waals surface area (Å²) < 4.78 is 2.03. The molecule has 0 aliphatic rings. The zero-order chi connectivity index (χ0) is 27.5. The Kier molecular flexibility index (Phi) is 7.18. The van der Waals surface area contributed by atoms with Gasteiger partial charge in [0.05, 0.1) is 34.3 Å². The van der Waals surface area contributed by atoms with E-state index >= 15 is 0 Å². The monoisotopic (exact) mass is 533 g/mol. The van der Waals surface area contributed by atoms with E-state index in [0.717, 1.165) is 33.2 Å². The molecule has 0 bridgehead atoms. The number of benzene rings is 4. The van der Waals surface area contributed by atoms with E-state index in [1.807, 2.05) is 72.3 Å². The lowest BCUT2D eigenvalue weighted by Crippen LogP contribution is -2.27. The van der Waals surface area contributed by atoms with E-state index in [1.54, 1.807) is 24.3 Å². The maximum absolute atomic E-state index is 13.8. The summed E-state index contributed by atoms with van der Waals surface area (Å²) in [5.41, 5.74) is 5.45. The van der Waals surface area contributed by atoms with Gasteiger partial charge in [-0.05, 0) is 83.8 Å². The molecule has 4 aromatic carbocycles. The van der Waals surface area contributed by atoms with E-state index in [9.17, 15) is 20.0 Å². The Balaban J connectivity index is 1.56. The third-order valence-electron chi connectivity index (χ3n) is 6.68. The van der Waals surface area contributed by atoms with Gasteiger partial charge in [0.15, 0.2) is 0 Å². The molecule has 2 N–H and O–H groups in total. The number of nitrogens with zero attached hydrogens (tertiary/aromatic N) is 2. The van der Waals surface area contributed by atoms with Crippen molar-refractivity contribution in [3.8, 4) is 17.2 Å². The average Bonchev–Trinajstić information content (AvgIpc) is 3.35. The molecule has 0 radical (unpaired) electrons. The minimum atomic E-state index is -1.00. The van der Waals surface area contributed by atoms with E-state index in [-0.39, 0.29) is 17.5 Å². The zero-order valence-corrected chi connectivity index (χ0v) is 21.8. The van der Waals surface area contributed by atoms with Gasteiger partial charge in [0, 0.05) is 23.2 Å². The number of nitrogens with one attached hydrogen (secondary N) is 1. The number of rotatable bonds is 7. The first-order valence-corrected chi connectivity index (χ1v) is 12.7. The van der Waals surface area contributed by atoms with Crippen LogP contribution in [-0.2, 0) is 6.54 Å². The van der Waals surface area contributed by atoms with Crippen LogP contribution in [0, 0.1) is 11.3 Å². The molecule has 0 saturated carbocycles. The largest absolute Gasteiger partial charge is 0.478 e. The van der Waals surface area contributed by atoms with Crippen molar-refractivity contribution in [1.29, 1.82) is 5.26 Å². The van der Waals surface area contributed by atoms with Crippen molar-refractivity contribution in [2.75, 3.05) is 0 Å². The molecule has 39 heavy (non-hydrogen) atoms. The van der Waals surface area contributed by atoms with Gasteiger partial charge < -0.3 is 15.0 Å². The smallest absolute Gasteiger partial charge is 0.335 e. The summed E-state index contributed by atoms with van der Waals surface area (Å²) >= 11 is 6.21. The number of carboxylic acids is 1. The van der Waals surface area contributed by atoms with Gasteiger partial charge in [-0.15, -0.1) is 0 Å². The van der Waals surface area contributed by atoms with E-state index < -0.39 is 5.97 Å². The minimum absolute atomic E-state index is 0.185. The summed E-state index contributed by atoms with van der Waals surface area (Å²) in [6.45, 7) is 2.38. The molecule has 192 valence electrons. The maximum atomic E-state index is 13.8. The number of halogens is 1. The number of carboxylic acid groups (broad SMARTS) is 1. The van der Waals surface area contributed by atoms with Gasteiger partial charge in [0.1, 0.15) is 0 Å². The van der Waals surface area contributed by atoms with Gasteiger partial charge in [0.25, 0.3) is 5.91 Å². The first-order chi connectivity index (χ1) is 18.8. The molecule has 1 heterocycles. The SMILES string of the molecule is C[C@H](NC(=O)c1cc(-c2cccc(C#N)c2)cc2ccn(Cc3cccc(Cl)c3)c12)c1ccc(C(=O)O)cc1. The number of fused-ring (bicyclic) bond motifs is 1. The number of carbonyl (C=O) groups is 2. The fraction of sp³-hybridized carbons (Fsp3) is 0.0938. The molecular formula is C32H24ClN3O3. The van der Waals surface area contributed by atoms with E-state index in [4.69, 9.17) is 11.6 Å². The number of hydrogen-bond acceptors (Lipinski definition) is 3. The molecule has 6 nitrogen and oxygen atoms in total. The topological polar surface area (TPSA) is 95.1 Å². The van der Waals surface area contributed by atoms with Crippen LogP contribution in [0.4, 0.5) is 0 Å². The number of aromatic nitrogens is 1. The molecule has 0 saturated heterocycles. The third-order valence-corrected chi connectivity index (χ3v) is 6.91. The summed E-state index contributed by atoms with van der Waals surface area (Å²) in [4.78, 5) is 25.0. The van der Waals surface area contributed by atoms with Crippen molar-refractivity contribution >= 4 is 34.4 Å². The number of aromatic carboxylic acids is 1. The predicted molar refractivity (Wildman–Crippen MR) is 152 cm³/mol. The number of amides is 1. The molecular weight excluding hydrogens is 510 g/mol. The number of hydrogen-bond donors (Lipinski definition) is 2. The number of nitriles is 1. The lowest BCUT2D eigenvalue weighted by molar-refractivity contribution is 0.0696. The first-order valence-electron chi connectivity index (χ1n) is 12.3. The van der Waals surface area contributed by atoms with E-state index in [0.29, 0.717) is 22.7 Å². The fourth-order valence-corrected chi connectivity index (χ4v) is 4.91. The van der Waals surface area contributed by atoms with Gasteiger partial charge in [-0.25, -0.2) is 4.79 Å². The maximum Gasteiger partial charge on any atom is 0.335 e. The van der Waals surface area contributed by atoms with Crippen LogP contribution < -0.4 is 5.32 Å². The second-order valence-corrected chi connectivity index (χ2v) is 9.79. The van der Waals surface area contributed by atoms with Crippen LogP contribution in [0.2, 0.25) is 5.02 Å². The van der Waals surface area contributed by atoms with Crippen LogP contribution in [0.25, 0.3) is 22.0 Å². The van der Waals surface area contributed by atoms with Gasteiger partial charge in [-0.3, -0.25) is 4.79 Å². The van der Waals surface area contributed by atoms with Gasteiger partial charge in [-0.2, -0.15) is 5.26 Å². The molecule has 1 amide bonds. The Hall–Kier alpha value is -4.86. The highest BCUT2D eigenvalue weighted by Crippen LogP contribution is 2.30. The summed E-state index contributed by atoms with van der Waals surface area (Å²) in [6.07, 6.45) is 1.95. The van der Waals surface area contributed by atoms with Gasteiger partial charge in [-0.1, -0.05) is 48.0 Å². The molecule has 0 aliphatic carbocycles. The Morgan fingerprint density at radius 2 is 1.74 bits per heavy atom. The summed E-state index contributed by atoms with van der Waals surface area (Å²) in [5.74, 6) is -1.27. The molecule has 1 aromatic heterocycles. The van der Waals surface area contributed by atoms with Crippen molar-refractivity contribution in [1.82, 2.24) is 9.88 Å². The Morgan fingerprint density at radius 1 is 0.974 bits per heavy atom. The second-order valence-electron chi connectivity index (χ2n) is 9.35. The van der Waals surface area contributed by atoms with Gasteiger partial charge >= 0.3 is 5.97 Å². The zero-order valence-electron chi connectivity index (χ0n) is 21.1. The standard InChI is InChI=1S/C32H24ClN3O3/c1-20(23-8-10-24(11-9-23)32(38)39)35-31(37)29-17-27(25-6-2-4-21(14-25)18-34)16-26-12-13-36(30(26)29)19-22-5-3-7-28(33)15-22/h2-17,20H,19H2,1H3,(H,35,37)(H,38,39)/t20-/m0/s1. The van der Waals surface area contributed by atoms with Crippen LogP contribution in [0.3, 0.4) is 0 Å². The van der Waals surface area contributed by atoms with Crippen LogP contribution in [-0.4, -0.2) is 21.6 Å². The summed E-state index contributed by atoms with van der Waals surface area (Å²) in [5, 5.41) is 23.2. The minimum Gasteiger partial charge on any atom is -0.478 e. The predicted octanol–water partition coefficient (Wildman–Crippen LogP) is 7.07. The van der Waals surface area contributed by atoms with Gasteiger partial charge in [0.2, 0.25) is 0 Å². The Labute approximate surface area is 230 Å². The molecule has 5 aromatic rings.